The lowest BCUT2D eigenvalue weighted by molar-refractivity contribution is -0.136. The number of aryl methyl sites for hydroxylation is 2. The van der Waals surface area contributed by atoms with Gasteiger partial charge in [-0.15, -0.1) is 0 Å². The lowest BCUT2D eigenvalue weighted by Gasteiger charge is -2.36. The molecule has 0 aromatic carbocycles. The molecule has 1 amide bonds. The molecule has 0 bridgehead atoms. The topological polar surface area (TPSA) is 56.0 Å². The van der Waals surface area contributed by atoms with Crippen LogP contribution in [0.2, 0.25) is 0 Å². The van der Waals surface area contributed by atoms with Gasteiger partial charge in [0, 0.05) is 31.1 Å². The molecular weight excluding hydrogens is 302 g/mol. The van der Waals surface area contributed by atoms with Crippen LogP contribution in [0.4, 0.5) is 0 Å². The van der Waals surface area contributed by atoms with Gasteiger partial charge in [0.15, 0.2) is 0 Å². The Morgan fingerprint density at radius 1 is 1.38 bits per heavy atom. The van der Waals surface area contributed by atoms with Crippen LogP contribution in [-0.4, -0.2) is 43.0 Å². The highest BCUT2D eigenvalue weighted by atomic mass is 16.2. The molecule has 1 aliphatic heterocycles. The Morgan fingerprint density at radius 2 is 2.21 bits per heavy atom. The van der Waals surface area contributed by atoms with E-state index >= 15 is 0 Å². The van der Waals surface area contributed by atoms with Gasteiger partial charge in [-0.3, -0.25) is 14.2 Å². The number of amides is 1. The Bertz CT molecular complexity index is 676. The summed E-state index contributed by atoms with van der Waals surface area (Å²) in [7, 11) is 0. The minimum atomic E-state index is 0.0819. The number of likely N-dealkylation sites (tertiary alicyclic amines) is 1. The van der Waals surface area contributed by atoms with Crippen LogP contribution in [0.1, 0.15) is 50.0 Å². The molecule has 0 saturated carbocycles. The molecule has 130 valence electrons. The summed E-state index contributed by atoms with van der Waals surface area (Å²) in [6.45, 7) is 7.75. The molecule has 2 aromatic heterocycles. The van der Waals surface area contributed by atoms with Gasteiger partial charge in [0.2, 0.25) is 5.91 Å². The molecule has 2 aromatic rings. The van der Waals surface area contributed by atoms with Crippen molar-refractivity contribution in [1.82, 2.24) is 24.5 Å². The Hall–Kier alpha value is -2.11. The first kappa shape index (κ1) is 16.7. The first-order valence-corrected chi connectivity index (χ1v) is 8.84. The van der Waals surface area contributed by atoms with Crippen molar-refractivity contribution in [2.75, 3.05) is 6.54 Å². The maximum Gasteiger partial charge on any atom is 0.225 e. The molecule has 0 spiro atoms. The Kier molecular flexibility index (Phi) is 5.02. The van der Waals surface area contributed by atoms with Crippen LogP contribution < -0.4 is 0 Å². The SMILES string of the molecule is Cc1cc(C)n([C@@H](C)CC(=O)N2CCCC[C@@H]2Cn2cccn2)n1. The highest BCUT2D eigenvalue weighted by Gasteiger charge is 2.28. The fraction of sp³-hybridized carbons (Fsp3) is 0.611. The van der Waals surface area contributed by atoms with Gasteiger partial charge in [-0.2, -0.15) is 10.2 Å². The zero-order chi connectivity index (χ0) is 17.1. The standard InChI is InChI=1S/C18H27N5O/c1-14-11-15(2)23(20-14)16(3)12-18(24)22-10-5-4-7-17(22)13-21-9-6-8-19-21/h6,8-9,11,16-17H,4-5,7,10,12-13H2,1-3H3/t16-,17+/m0/s1. The number of nitrogens with zero attached hydrogens (tertiary/aromatic N) is 5. The molecule has 1 saturated heterocycles. The molecule has 1 fully saturated rings. The molecule has 24 heavy (non-hydrogen) atoms. The molecule has 0 N–H and O–H groups in total. The molecule has 0 radical (unpaired) electrons. The summed E-state index contributed by atoms with van der Waals surface area (Å²) in [4.78, 5) is 15.0. The quantitative estimate of drug-likeness (QED) is 0.847. The number of carbonyl (C=O) groups is 1. The molecular formula is C18H27N5O. The van der Waals surface area contributed by atoms with Crippen molar-refractivity contribution in [3.63, 3.8) is 0 Å². The highest BCUT2D eigenvalue weighted by Crippen LogP contribution is 2.22. The van der Waals surface area contributed by atoms with Gasteiger partial charge in [0.25, 0.3) is 0 Å². The molecule has 3 heterocycles. The molecule has 6 nitrogen and oxygen atoms in total. The second-order valence-corrected chi connectivity index (χ2v) is 6.89. The van der Waals surface area contributed by atoms with Gasteiger partial charge in [-0.05, 0) is 52.2 Å². The molecule has 0 unspecified atom stereocenters. The van der Waals surface area contributed by atoms with Crippen molar-refractivity contribution >= 4 is 5.91 Å². The van der Waals surface area contributed by atoms with Crippen molar-refractivity contribution in [3.05, 3.63) is 35.9 Å². The van der Waals surface area contributed by atoms with Crippen LogP contribution in [0, 0.1) is 13.8 Å². The minimum absolute atomic E-state index is 0.0819. The van der Waals surface area contributed by atoms with E-state index in [9.17, 15) is 4.79 Å². The van der Waals surface area contributed by atoms with Gasteiger partial charge >= 0.3 is 0 Å². The molecule has 3 rings (SSSR count). The summed E-state index contributed by atoms with van der Waals surface area (Å²) in [6, 6.07) is 4.32. The smallest absolute Gasteiger partial charge is 0.225 e. The van der Waals surface area contributed by atoms with E-state index in [1.807, 2.05) is 35.5 Å². The van der Waals surface area contributed by atoms with Gasteiger partial charge in [0.1, 0.15) is 0 Å². The Morgan fingerprint density at radius 3 is 2.88 bits per heavy atom. The van der Waals surface area contributed by atoms with Crippen LogP contribution in [0.25, 0.3) is 0 Å². The minimum Gasteiger partial charge on any atom is -0.338 e. The number of carbonyl (C=O) groups excluding carboxylic acids is 1. The van der Waals surface area contributed by atoms with Crippen molar-refractivity contribution in [2.45, 2.75) is 65.1 Å². The number of aromatic nitrogens is 4. The fourth-order valence-corrected chi connectivity index (χ4v) is 3.69. The monoisotopic (exact) mass is 329 g/mol. The van der Waals surface area contributed by atoms with Crippen molar-refractivity contribution in [2.24, 2.45) is 0 Å². The molecule has 0 aliphatic carbocycles. The third kappa shape index (κ3) is 3.68. The molecule has 1 aliphatic rings. The normalized spacial score (nSPS) is 19.5. The van der Waals surface area contributed by atoms with Gasteiger partial charge in [-0.25, -0.2) is 0 Å². The average molecular weight is 329 g/mol. The predicted octanol–water partition coefficient (Wildman–Crippen LogP) is 2.73. The van der Waals surface area contributed by atoms with Crippen molar-refractivity contribution in [3.8, 4) is 0 Å². The first-order chi connectivity index (χ1) is 11.5. The number of rotatable bonds is 5. The zero-order valence-electron chi connectivity index (χ0n) is 14.9. The summed E-state index contributed by atoms with van der Waals surface area (Å²) < 4.78 is 3.90. The summed E-state index contributed by atoms with van der Waals surface area (Å²) >= 11 is 0. The maximum absolute atomic E-state index is 12.9. The van der Waals surface area contributed by atoms with Gasteiger partial charge in [-0.1, -0.05) is 0 Å². The second-order valence-electron chi connectivity index (χ2n) is 6.89. The lowest BCUT2D eigenvalue weighted by Crippen LogP contribution is -2.46. The van der Waals surface area contributed by atoms with Gasteiger partial charge in [0.05, 0.1) is 24.3 Å². The number of hydrogen-bond donors (Lipinski definition) is 0. The van der Waals surface area contributed by atoms with Crippen LogP contribution >= 0.6 is 0 Å². The summed E-state index contributed by atoms with van der Waals surface area (Å²) in [5, 5.41) is 8.81. The third-order valence-corrected chi connectivity index (χ3v) is 4.84. The van der Waals surface area contributed by atoms with Crippen molar-refractivity contribution in [1.29, 1.82) is 0 Å². The van der Waals surface area contributed by atoms with Gasteiger partial charge < -0.3 is 4.90 Å². The average Bonchev–Trinajstić information content (AvgIpc) is 3.17. The van der Waals surface area contributed by atoms with E-state index in [1.54, 1.807) is 6.20 Å². The Labute approximate surface area is 143 Å². The summed E-state index contributed by atoms with van der Waals surface area (Å²) in [6.07, 6.45) is 7.59. The van der Waals surface area contributed by atoms with Crippen LogP contribution in [0.5, 0.6) is 0 Å². The van der Waals surface area contributed by atoms with E-state index in [0.29, 0.717) is 6.42 Å². The summed E-state index contributed by atoms with van der Waals surface area (Å²) in [5.41, 5.74) is 2.11. The Balaban J connectivity index is 1.66. The van der Waals surface area contributed by atoms with E-state index < -0.39 is 0 Å². The lowest BCUT2D eigenvalue weighted by atomic mass is 10.0. The van der Waals surface area contributed by atoms with Crippen LogP contribution in [0.3, 0.4) is 0 Å². The van der Waals surface area contributed by atoms with E-state index in [2.05, 4.69) is 28.1 Å². The summed E-state index contributed by atoms with van der Waals surface area (Å²) in [5.74, 6) is 0.229. The largest absolute Gasteiger partial charge is 0.338 e. The predicted molar refractivity (Wildman–Crippen MR) is 92.6 cm³/mol. The molecule has 6 heteroatoms. The van der Waals surface area contributed by atoms with E-state index in [4.69, 9.17) is 0 Å². The number of hydrogen-bond acceptors (Lipinski definition) is 3. The number of piperidine rings is 1. The highest BCUT2D eigenvalue weighted by molar-refractivity contribution is 5.77. The second kappa shape index (κ2) is 7.20. The van der Waals surface area contributed by atoms with Crippen LogP contribution in [0.15, 0.2) is 24.5 Å². The third-order valence-electron chi connectivity index (χ3n) is 4.84. The fourth-order valence-electron chi connectivity index (χ4n) is 3.69. The first-order valence-electron chi connectivity index (χ1n) is 8.84. The van der Waals surface area contributed by atoms with Crippen molar-refractivity contribution < 1.29 is 4.79 Å². The van der Waals surface area contributed by atoms with E-state index in [0.717, 1.165) is 37.3 Å². The molecule has 2 atom stereocenters. The zero-order valence-corrected chi connectivity index (χ0v) is 14.9. The van der Waals surface area contributed by atoms with Crippen LogP contribution in [-0.2, 0) is 11.3 Å². The maximum atomic E-state index is 12.9. The van der Waals surface area contributed by atoms with E-state index in [1.165, 1.54) is 6.42 Å². The van der Waals surface area contributed by atoms with E-state index in [-0.39, 0.29) is 18.0 Å².